The summed E-state index contributed by atoms with van der Waals surface area (Å²) in [7, 11) is 0. The number of amides is 1. The van der Waals surface area contributed by atoms with Gasteiger partial charge in [0, 0.05) is 6.54 Å². The van der Waals surface area contributed by atoms with Gasteiger partial charge in [0.15, 0.2) is 0 Å². The quantitative estimate of drug-likeness (QED) is 0.698. The van der Waals surface area contributed by atoms with Crippen molar-refractivity contribution < 1.29 is 9.90 Å². The highest BCUT2D eigenvalue weighted by Crippen LogP contribution is 2.26. The molecule has 6 heteroatoms. The van der Waals surface area contributed by atoms with Gasteiger partial charge in [-0.2, -0.15) is 0 Å². The number of nitrogen functional groups attached to an aromatic ring is 1. The Labute approximate surface area is 104 Å². The lowest BCUT2D eigenvalue weighted by Crippen LogP contribution is -2.38. The zero-order valence-corrected chi connectivity index (χ0v) is 9.94. The molecular formula is C11H14ClN3O2. The van der Waals surface area contributed by atoms with Gasteiger partial charge in [0.2, 0.25) is 0 Å². The first-order valence-electron chi connectivity index (χ1n) is 5.43. The summed E-state index contributed by atoms with van der Waals surface area (Å²) in [6.45, 7) is 0.551. The minimum absolute atomic E-state index is 0.211. The molecule has 4 N–H and O–H groups in total. The average molecular weight is 256 g/mol. The van der Waals surface area contributed by atoms with Crippen LogP contribution in [0, 0.1) is 5.92 Å². The van der Waals surface area contributed by atoms with Gasteiger partial charge >= 0.3 is 0 Å². The van der Waals surface area contributed by atoms with Gasteiger partial charge in [0.25, 0.3) is 5.91 Å². The molecule has 1 heterocycles. The molecule has 1 aromatic rings. The molecule has 0 unspecified atom stereocenters. The molecule has 1 aliphatic carbocycles. The number of nitrogens with two attached hydrogens (primary N) is 1. The second-order valence-corrected chi connectivity index (χ2v) is 4.68. The Bertz CT molecular complexity index is 433. The number of hydrogen-bond donors (Lipinski definition) is 3. The summed E-state index contributed by atoms with van der Waals surface area (Å²) in [4.78, 5) is 15.6. The number of hydrogen-bond acceptors (Lipinski definition) is 4. The van der Waals surface area contributed by atoms with Crippen LogP contribution < -0.4 is 11.1 Å². The van der Waals surface area contributed by atoms with E-state index in [2.05, 4.69) is 10.3 Å². The predicted octanol–water partition coefficient (Wildman–Crippen LogP) is 0.818. The molecule has 1 amide bonds. The molecule has 1 fully saturated rings. The van der Waals surface area contributed by atoms with Crippen LogP contribution in [0.1, 0.15) is 23.2 Å². The van der Waals surface area contributed by atoms with E-state index in [1.54, 1.807) is 0 Å². The van der Waals surface area contributed by atoms with Crippen LogP contribution in [0.2, 0.25) is 5.15 Å². The lowest BCUT2D eigenvalue weighted by atomic mass is 9.82. The third kappa shape index (κ3) is 2.87. The van der Waals surface area contributed by atoms with Crippen molar-refractivity contribution in [3.8, 4) is 0 Å². The Hall–Kier alpha value is -1.33. The molecular weight excluding hydrogens is 242 g/mol. The Morgan fingerprint density at radius 3 is 3.00 bits per heavy atom. The molecule has 0 atom stereocenters. The van der Waals surface area contributed by atoms with Crippen LogP contribution in [0.5, 0.6) is 0 Å². The number of aliphatic hydroxyl groups excluding tert-OH is 1. The van der Waals surface area contributed by atoms with Crippen molar-refractivity contribution >= 4 is 23.2 Å². The van der Waals surface area contributed by atoms with Gasteiger partial charge < -0.3 is 16.2 Å². The van der Waals surface area contributed by atoms with E-state index in [1.807, 2.05) is 0 Å². The fourth-order valence-electron chi connectivity index (χ4n) is 1.84. The molecule has 1 saturated carbocycles. The SMILES string of the molecule is Nc1cnc(Cl)cc1C(=O)NCC1CC(O)C1. The van der Waals surface area contributed by atoms with Crippen LogP contribution in [0.3, 0.4) is 0 Å². The van der Waals surface area contributed by atoms with Gasteiger partial charge in [0.1, 0.15) is 5.15 Å². The Kier molecular flexibility index (Phi) is 3.49. The van der Waals surface area contributed by atoms with Crippen molar-refractivity contribution in [2.75, 3.05) is 12.3 Å². The highest BCUT2D eigenvalue weighted by Gasteiger charge is 2.27. The third-order valence-corrected chi connectivity index (χ3v) is 3.11. The van der Waals surface area contributed by atoms with Crippen molar-refractivity contribution in [1.29, 1.82) is 0 Å². The van der Waals surface area contributed by atoms with Crippen LogP contribution >= 0.6 is 11.6 Å². The van der Waals surface area contributed by atoms with E-state index in [-0.39, 0.29) is 17.2 Å². The lowest BCUT2D eigenvalue weighted by Gasteiger charge is -2.31. The number of anilines is 1. The Morgan fingerprint density at radius 2 is 2.35 bits per heavy atom. The van der Waals surface area contributed by atoms with Crippen LogP contribution in [0.25, 0.3) is 0 Å². The van der Waals surface area contributed by atoms with Gasteiger partial charge in [-0.25, -0.2) is 4.98 Å². The molecule has 0 saturated heterocycles. The first-order valence-corrected chi connectivity index (χ1v) is 5.81. The van der Waals surface area contributed by atoms with Crippen LogP contribution in [-0.4, -0.2) is 28.6 Å². The highest BCUT2D eigenvalue weighted by molar-refractivity contribution is 6.29. The van der Waals surface area contributed by atoms with E-state index in [0.717, 1.165) is 12.8 Å². The summed E-state index contributed by atoms with van der Waals surface area (Å²) < 4.78 is 0. The van der Waals surface area contributed by atoms with Crippen molar-refractivity contribution in [2.45, 2.75) is 18.9 Å². The molecule has 2 rings (SSSR count). The van der Waals surface area contributed by atoms with Crippen molar-refractivity contribution in [3.63, 3.8) is 0 Å². The van der Waals surface area contributed by atoms with E-state index in [9.17, 15) is 4.79 Å². The van der Waals surface area contributed by atoms with Gasteiger partial charge in [-0.05, 0) is 24.8 Å². The van der Waals surface area contributed by atoms with E-state index in [4.69, 9.17) is 22.4 Å². The second kappa shape index (κ2) is 4.89. The number of halogens is 1. The maximum atomic E-state index is 11.8. The number of nitrogens with zero attached hydrogens (tertiary/aromatic N) is 1. The maximum Gasteiger partial charge on any atom is 0.253 e. The highest BCUT2D eigenvalue weighted by atomic mass is 35.5. The lowest BCUT2D eigenvalue weighted by molar-refractivity contribution is 0.0420. The normalized spacial score (nSPS) is 22.9. The standard InChI is InChI=1S/C11H14ClN3O2/c12-10-3-8(9(13)5-14-10)11(17)15-4-6-1-7(16)2-6/h3,5-7,16H,1-2,4,13H2,(H,15,17). The van der Waals surface area contributed by atoms with Gasteiger partial charge in [-0.1, -0.05) is 11.6 Å². The second-order valence-electron chi connectivity index (χ2n) is 4.30. The van der Waals surface area contributed by atoms with Crippen LogP contribution in [0.4, 0.5) is 5.69 Å². The maximum absolute atomic E-state index is 11.8. The van der Waals surface area contributed by atoms with Gasteiger partial charge in [-0.15, -0.1) is 0 Å². The number of carbonyl (C=O) groups excluding carboxylic acids is 1. The van der Waals surface area contributed by atoms with Crippen LogP contribution in [-0.2, 0) is 0 Å². The molecule has 1 aromatic heterocycles. The summed E-state index contributed by atoms with van der Waals surface area (Å²) in [5.41, 5.74) is 6.29. The van der Waals surface area contributed by atoms with E-state index >= 15 is 0 Å². The zero-order valence-electron chi connectivity index (χ0n) is 9.19. The summed E-state index contributed by atoms with van der Waals surface area (Å²) in [6, 6.07) is 1.45. The minimum atomic E-state index is -0.256. The van der Waals surface area contributed by atoms with Gasteiger partial charge in [0.05, 0.1) is 23.6 Å². The van der Waals surface area contributed by atoms with Crippen molar-refractivity contribution in [1.82, 2.24) is 10.3 Å². The first kappa shape index (κ1) is 12.1. The zero-order chi connectivity index (χ0) is 12.4. The fourth-order valence-corrected chi connectivity index (χ4v) is 1.99. The van der Waals surface area contributed by atoms with Crippen molar-refractivity contribution in [2.24, 2.45) is 5.92 Å². The van der Waals surface area contributed by atoms with E-state index in [1.165, 1.54) is 12.3 Å². The molecule has 92 valence electrons. The fraction of sp³-hybridized carbons (Fsp3) is 0.455. The minimum Gasteiger partial charge on any atom is -0.397 e. The molecule has 0 radical (unpaired) electrons. The molecule has 0 bridgehead atoms. The number of carbonyl (C=O) groups is 1. The number of aromatic nitrogens is 1. The van der Waals surface area contributed by atoms with Crippen molar-refractivity contribution in [3.05, 3.63) is 23.0 Å². The van der Waals surface area contributed by atoms with Gasteiger partial charge in [-0.3, -0.25) is 4.79 Å². The first-order chi connectivity index (χ1) is 8.06. The summed E-state index contributed by atoms with van der Waals surface area (Å²) >= 11 is 5.70. The Morgan fingerprint density at radius 1 is 1.65 bits per heavy atom. The molecule has 17 heavy (non-hydrogen) atoms. The monoisotopic (exact) mass is 255 g/mol. The number of rotatable bonds is 3. The summed E-state index contributed by atoms with van der Waals surface area (Å²) in [5.74, 6) is 0.0978. The van der Waals surface area contributed by atoms with E-state index in [0.29, 0.717) is 23.7 Å². The predicted molar refractivity (Wildman–Crippen MR) is 64.7 cm³/mol. The smallest absolute Gasteiger partial charge is 0.253 e. The third-order valence-electron chi connectivity index (χ3n) is 2.91. The molecule has 0 aromatic carbocycles. The summed E-state index contributed by atoms with van der Waals surface area (Å²) in [5, 5.41) is 12.1. The summed E-state index contributed by atoms with van der Waals surface area (Å²) in [6.07, 6.45) is 2.64. The number of pyridine rings is 1. The molecule has 5 nitrogen and oxygen atoms in total. The largest absolute Gasteiger partial charge is 0.397 e. The number of aliphatic hydroxyl groups is 1. The van der Waals surface area contributed by atoms with E-state index < -0.39 is 0 Å². The Balaban J connectivity index is 1.92. The average Bonchev–Trinajstić information content (AvgIpc) is 2.26. The topological polar surface area (TPSA) is 88.2 Å². The number of nitrogens with one attached hydrogen (secondary N) is 1. The van der Waals surface area contributed by atoms with Crippen LogP contribution in [0.15, 0.2) is 12.3 Å². The molecule has 0 spiro atoms. The molecule has 0 aliphatic heterocycles. The molecule has 1 aliphatic rings.